The molecule has 1 atom stereocenters. The molecular weight excluding hydrogens is 266 g/mol. The van der Waals surface area contributed by atoms with Gasteiger partial charge < -0.3 is 14.8 Å². The lowest BCUT2D eigenvalue weighted by Gasteiger charge is -2.39. The molecule has 1 aromatic rings. The lowest BCUT2D eigenvalue weighted by Crippen LogP contribution is -2.55. The van der Waals surface area contributed by atoms with Crippen LogP contribution in [0.2, 0.25) is 0 Å². The van der Waals surface area contributed by atoms with Gasteiger partial charge in [-0.25, -0.2) is 0 Å². The van der Waals surface area contributed by atoms with Gasteiger partial charge in [0.25, 0.3) is 0 Å². The second kappa shape index (κ2) is 6.79. The average molecular weight is 289 g/mol. The second-order valence-electron chi connectivity index (χ2n) is 5.49. The number of hydrogen-bond acceptors (Lipinski definition) is 5. The lowest BCUT2D eigenvalue weighted by atomic mass is 9.91. The van der Waals surface area contributed by atoms with E-state index in [4.69, 9.17) is 9.47 Å². The van der Waals surface area contributed by atoms with E-state index in [1.54, 1.807) is 14.2 Å². The van der Waals surface area contributed by atoms with Crippen LogP contribution in [0.15, 0.2) is 18.2 Å². The fraction of sp³-hybridized carbons (Fsp3) is 0.562. The third-order valence-electron chi connectivity index (χ3n) is 4.05. The molecule has 21 heavy (non-hydrogen) atoms. The van der Waals surface area contributed by atoms with E-state index in [1.165, 1.54) is 0 Å². The third kappa shape index (κ3) is 3.46. The SMILES string of the molecule is COc1ccc(CC(C)(C#N)N2CCNCC2)cc1OC. The molecule has 0 spiro atoms. The van der Waals surface area contributed by atoms with Crippen LogP contribution in [0.3, 0.4) is 0 Å². The smallest absolute Gasteiger partial charge is 0.160 e. The number of piperazine rings is 1. The summed E-state index contributed by atoms with van der Waals surface area (Å²) in [7, 11) is 3.25. The Morgan fingerprint density at radius 1 is 1.24 bits per heavy atom. The normalized spacial score (nSPS) is 18.6. The molecule has 5 heteroatoms. The first kappa shape index (κ1) is 15.6. The van der Waals surface area contributed by atoms with Crippen molar-refractivity contribution < 1.29 is 9.47 Å². The molecular formula is C16H23N3O2. The van der Waals surface area contributed by atoms with Gasteiger partial charge >= 0.3 is 0 Å². The van der Waals surface area contributed by atoms with Crippen molar-refractivity contribution in [3.63, 3.8) is 0 Å². The van der Waals surface area contributed by atoms with Crippen LogP contribution in [0.5, 0.6) is 11.5 Å². The zero-order valence-corrected chi connectivity index (χ0v) is 13.0. The summed E-state index contributed by atoms with van der Waals surface area (Å²) in [6.07, 6.45) is 0.670. The minimum atomic E-state index is -0.498. The summed E-state index contributed by atoms with van der Waals surface area (Å²) >= 11 is 0. The van der Waals surface area contributed by atoms with Crippen LogP contribution in [0, 0.1) is 11.3 Å². The predicted octanol–water partition coefficient (Wildman–Crippen LogP) is 1.43. The van der Waals surface area contributed by atoms with Crippen LogP contribution < -0.4 is 14.8 Å². The quantitative estimate of drug-likeness (QED) is 0.889. The largest absolute Gasteiger partial charge is 0.493 e. The summed E-state index contributed by atoms with van der Waals surface area (Å²) in [6, 6.07) is 8.34. The molecule has 0 radical (unpaired) electrons. The van der Waals surface area contributed by atoms with Crippen molar-refractivity contribution in [3.8, 4) is 17.6 Å². The Kier molecular flexibility index (Phi) is 5.05. The summed E-state index contributed by atoms with van der Waals surface area (Å²) in [4.78, 5) is 2.25. The number of hydrogen-bond donors (Lipinski definition) is 1. The van der Waals surface area contributed by atoms with Crippen LogP contribution in [0.4, 0.5) is 0 Å². The molecule has 5 nitrogen and oxygen atoms in total. The van der Waals surface area contributed by atoms with Crippen LogP contribution in [-0.4, -0.2) is 50.8 Å². The zero-order valence-electron chi connectivity index (χ0n) is 13.0. The Labute approximate surface area is 126 Å². The van der Waals surface area contributed by atoms with Gasteiger partial charge in [-0.2, -0.15) is 5.26 Å². The molecule has 1 aliphatic heterocycles. The first-order valence-electron chi connectivity index (χ1n) is 7.21. The summed E-state index contributed by atoms with van der Waals surface area (Å²) in [6.45, 7) is 5.68. The number of nitrogens with one attached hydrogen (secondary N) is 1. The number of ether oxygens (including phenoxy) is 2. The van der Waals surface area contributed by atoms with Crippen molar-refractivity contribution in [1.82, 2.24) is 10.2 Å². The third-order valence-corrected chi connectivity index (χ3v) is 4.05. The van der Waals surface area contributed by atoms with Crippen molar-refractivity contribution in [3.05, 3.63) is 23.8 Å². The molecule has 0 amide bonds. The molecule has 1 heterocycles. The van der Waals surface area contributed by atoms with E-state index < -0.39 is 5.54 Å². The molecule has 2 rings (SSSR count). The van der Waals surface area contributed by atoms with E-state index in [-0.39, 0.29) is 0 Å². The molecule has 0 aliphatic carbocycles. The highest BCUT2D eigenvalue weighted by molar-refractivity contribution is 5.43. The Morgan fingerprint density at radius 2 is 1.90 bits per heavy atom. The molecule has 1 aromatic carbocycles. The molecule has 0 saturated carbocycles. The van der Waals surface area contributed by atoms with Crippen LogP contribution in [0.1, 0.15) is 12.5 Å². The molecule has 0 bridgehead atoms. The molecule has 1 aliphatic rings. The topological polar surface area (TPSA) is 57.5 Å². The summed E-state index contributed by atoms with van der Waals surface area (Å²) in [5.74, 6) is 1.41. The van der Waals surface area contributed by atoms with Gasteiger partial charge in [-0.3, -0.25) is 4.90 Å². The van der Waals surface area contributed by atoms with Gasteiger partial charge in [0.15, 0.2) is 11.5 Å². The van der Waals surface area contributed by atoms with E-state index in [2.05, 4.69) is 16.3 Å². The van der Waals surface area contributed by atoms with Gasteiger partial charge in [-0.05, 0) is 24.6 Å². The number of nitrogens with zero attached hydrogens (tertiary/aromatic N) is 2. The minimum absolute atomic E-state index is 0.498. The average Bonchev–Trinajstić information content (AvgIpc) is 2.55. The maximum Gasteiger partial charge on any atom is 0.160 e. The Morgan fingerprint density at radius 3 is 2.48 bits per heavy atom. The highest BCUT2D eigenvalue weighted by Crippen LogP contribution is 2.30. The van der Waals surface area contributed by atoms with Crippen molar-refractivity contribution in [2.24, 2.45) is 0 Å². The minimum Gasteiger partial charge on any atom is -0.493 e. The molecule has 1 saturated heterocycles. The number of methoxy groups -OCH3 is 2. The Bertz CT molecular complexity index is 521. The van der Waals surface area contributed by atoms with E-state index in [0.29, 0.717) is 17.9 Å². The molecule has 1 fully saturated rings. The van der Waals surface area contributed by atoms with Gasteiger partial charge in [0.05, 0.1) is 20.3 Å². The van der Waals surface area contributed by atoms with Crippen molar-refractivity contribution in [2.45, 2.75) is 18.9 Å². The first-order chi connectivity index (χ1) is 10.1. The van der Waals surface area contributed by atoms with Crippen LogP contribution in [0.25, 0.3) is 0 Å². The number of benzene rings is 1. The predicted molar refractivity (Wildman–Crippen MR) is 81.7 cm³/mol. The molecule has 1 unspecified atom stereocenters. The lowest BCUT2D eigenvalue weighted by molar-refractivity contribution is 0.132. The summed E-state index contributed by atoms with van der Waals surface area (Å²) in [5, 5.41) is 13.0. The maximum absolute atomic E-state index is 9.66. The van der Waals surface area contributed by atoms with Crippen LogP contribution in [-0.2, 0) is 6.42 Å². The number of nitriles is 1. The van der Waals surface area contributed by atoms with Gasteiger partial charge in [0.2, 0.25) is 0 Å². The first-order valence-corrected chi connectivity index (χ1v) is 7.21. The number of rotatable bonds is 5. The standard InChI is InChI=1S/C16H23N3O2/c1-16(12-17,19-8-6-18-7-9-19)11-13-4-5-14(20-2)15(10-13)21-3/h4-5,10,18H,6-9,11H2,1-3H3. The van der Waals surface area contributed by atoms with E-state index in [9.17, 15) is 5.26 Å². The summed E-state index contributed by atoms with van der Waals surface area (Å²) < 4.78 is 10.6. The van der Waals surface area contributed by atoms with Gasteiger partial charge in [0.1, 0.15) is 5.54 Å². The zero-order chi connectivity index (χ0) is 15.3. The second-order valence-corrected chi connectivity index (χ2v) is 5.49. The Balaban J connectivity index is 2.19. The summed E-state index contributed by atoms with van der Waals surface area (Å²) in [5.41, 5.74) is 0.581. The van der Waals surface area contributed by atoms with E-state index in [0.717, 1.165) is 31.7 Å². The van der Waals surface area contributed by atoms with Crippen LogP contribution >= 0.6 is 0 Å². The van der Waals surface area contributed by atoms with Crippen molar-refractivity contribution >= 4 is 0 Å². The van der Waals surface area contributed by atoms with E-state index >= 15 is 0 Å². The highest BCUT2D eigenvalue weighted by Gasteiger charge is 2.33. The van der Waals surface area contributed by atoms with Gasteiger partial charge in [-0.1, -0.05) is 6.07 Å². The van der Waals surface area contributed by atoms with Crippen molar-refractivity contribution in [2.75, 3.05) is 40.4 Å². The van der Waals surface area contributed by atoms with Gasteiger partial charge in [-0.15, -0.1) is 0 Å². The maximum atomic E-state index is 9.66. The van der Waals surface area contributed by atoms with E-state index in [1.807, 2.05) is 25.1 Å². The highest BCUT2D eigenvalue weighted by atomic mass is 16.5. The fourth-order valence-electron chi connectivity index (χ4n) is 2.77. The molecule has 1 N–H and O–H groups in total. The van der Waals surface area contributed by atoms with Gasteiger partial charge in [0, 0.05) is 32.6 Å². The van der Waals surface area contributed by atoms with Crippen molar-refractivity contribution in [1.29, 1.82) is 5.26 Å². The fourth-order valence-corrected chi connectivity index (χ4v) is 2.77. The monoisotopic (exact) mass is 289 g/mol. The Hall–Kier alpha value is -1.77. The molecule has 114 valence electrons. The molecule has 0 aromatic heterocycles.